The molecule has 0 unspecified atom stereocenters. The van der Waals surface area contributed by atoms with Crippen LogP contribution in [-0.4, -0.2) is 7.11 Å². The number of ether oxygens (including phenoxy) is 2. The molecule has 0 saturated carbocycles. The number of hydrogen-bond donors (Lipinski definition) is 1. The van der Waals surface area contributed by atoms with Gasteiger partial charge in [0.05, 0.1) is 17.8 Å². The highest BCUT2D eigenvalue weighted by Crippen LogP contribution is 2.37. The molecule has 19 heavy (non-hydrogen) atoms. The number of methoxy groups -OCH3 is 1. The maximum Gasteiger partial charge on any atom is 0.168 e. The minimum absolute atomic E-state index is 0.0461. The normalized spacial score (nSPS) is 10.3. The summed E-state index contributed by atoms with van der Waals surface area (Å²) in [6.45, 7) is 0. The topological polar surface area (TPSA) is 44.5 Å². The average molecular weight is 302 g/mol. The number of anilines is 1. The number of hydrogen-bond acceptors (Lipinski definition) is 3. The summed E-state index contributed by atoms with van der Waals surface area (Å²) in [5.41, 5.74) is 5.77. The number of nitrogens with two attached hydrogens (primary N) is 1. The van der Waals surface area contributed by atoms with E-state index in [1.165, 1.54) is 13.2 Å². The van der Waals surface area contributed by atoms with Gasteiger partial charge >= 0.3 is 0 Å². The standard InChI is InChI=1S/C13H10Cl2FNO2/c1-18-12-6-11(8(16)5-9(12)17)19-10-4-2-3-7(14)13(10)15/h2-6H,17H2,1H3. The van der Waals surface area contributed by atoms with E-state index < -0.39 is 5.82 Å². The first-order valence-corrected chi connectivity index (χ1v) is 6.03. The van der Waals surface area contributed by atoms with E-state index in [0.29, 0.717) is 10.8 Å². The van der Waals surface area contributed by atoms with Gasteiger partial charge in [0.2, 0.25) is 0 Å². The Kier molecular flexibility index (Phi) is 4.02. The van der Waals surface area contributed by atoms with E-state index in [9.17, 15) is 4.39 Å². The van der Waals surface area contributed by atoms with Crippen molar-refractivity contribution in [2.45, 2.75) is 0 Å². The first-order valence-electron chi connectivity index (χ1n) is 5.27. The fourth-order valence-electron chi connectivity index (χ4n) is 1.49. The van der Waals surface area contributed by atoms with Crippen LogP contribution < -0.4 is 15.2 Å². The van der Waals surface area contributed by atoms with E-state index in [1.807, 2.05) is 0 Å². The minimum atomic E-state index is -0.616. The molecule has 0 aliphatic carbocycles. The molecule has 0 radical (unpaired) electrons. The van der Waals surface area contributed by atoms with E-state index in [4.69, 9.17) is 38.4 Å². The van der Waals surface area contributed by atoms with Crippen molar-refractivity contribution in [2.24, 2.45) is 0 Å². The Morgan fingerprint density at radius 1 is 1.11 bits per heavy atom. The van der Waals surface area contributed by atoms with Gasteiger partial charge in [-0.25, -0.2) is 4.39 Å². The van der Waals surface area contributed by atoms with Crippen LogP contribution in [0, 0.1) is 5.82 Å². The van der Waals surface area contributed by atoms with Gasteiger partial charge in [-0.05, 0) is 12.1 Å². The minimum Gasteiger partial charge on any atom is -0.494 e. The molecule has 0 aliphatic rings. The molecule has 0 bridgehead atoms. The van der Waals surface area contributed by atoms with Gasteiger partial charge in [0, 0.05) is 12.1 Å². The van der Waals surface area contributed by atoms with Gasteiger partial charge in [-0.2, -0.15) is 0 Å². The molecule has 100 valence electrons. The van der Waals surface area contributed by atoms with Gasteiger partial charge in [-0.1, -0.05) is 29.3 Å². The summed E-state index contributed by atoms with van der Waals surface area (Å²) in [7, 11) is 1.43. The molecular weight excluding hydrogens is 292 g/mol. The van der Waals surface area contributed by atoms with Crippen molar-refractivity contribution >= 4 is 28.9 Å². The zero-order valence-corrected chi connectivity index (χ0v) is 11.4. The van der Waals surface area contributed by atoms with Crippen molar-refractivity contribution in [3.8, 4) is 17.2 Å². The fraction of sp³-hybridized carbons (Fsp3) is 0.0769. The summed E-state index contributed by atoms with van der Waals surface area (Å²) in [6, 6.07) is 7.30. The van der Waals surface area contributed by atoms with Gasteiger partial charge in [0.1, 0.15) is 16.5 Å². The Labute approximate surface area is 119 Å². The second kappa shape index (κ2) is 5.55. The Hall–Kier alpha value is -1.65. The molecule has 0 amide bonds. The quantitative estimate of drug-likeness (QED) is 0.848. The van der Waals surface area contributed by atoms with Crippen molar-refractivity contribution in [3.05, 3.63) is 46.2 Å². The van der Waals surface area contributed by atoms with E-state index in [0.717, 1.165) is 6.07 Å². The molecular formula is C13H10Cl2FNO2. The summed E-state index contributed by atoms with van der Waals surface area (Å²) in [4.78, 5) is 0. The predicted molar refractivity (Wildman–Crippen MR) is 73.9 cm³/mol. The lowest BCUT2D eigenvalue weighted by atomic mass is 10.2. The van der Waals surface area contributed by atoms with Crippen LogP contribution in [0.2, 0.25) is 10.0 Å². The zero-order valence-electron chi connectivity index (χ0n) is 9.91. The van der Waals surface area contributed by atoms with Crippen LogP contribution in [0.3, 0.4) is 0 Å². The Morgan fingerprint density at radius 2 is 1.84 bits per heavy atom. The van der Waals surface area contributed by atoms with Crippen LogP contribution in [0.4, 0.5) is 10.1 Å². The zero-order chi connectivity index (χ0) is 14.0. The van der Waals surface area contributed by atoms with E-state index in [1.54, 1.807) is 18.2 Å². The highest BCUT2D eigenvalue weighted by atomic mass is 35.5. The molecule has 2 N–H and O–H groups in total. The highest BCUT2D eigenvalue weighted by Gasteiger charge is 2.13. The van der Waals surface area contributed by atoms with Crippen molar-refractivity contribution in [3.63, 3.8) is 0 Å². The van der Waals surface area contributed by atoms with Crippen LogP contribution in [0.1, 0.15) is 0 Å². The molecule has 2 aromatic rings. The summed E-state index contributed by atoms with van der Waals surface area (Å²) in [5, 5.41) is 0.529. The Morgan fingerprint density at radius 3 is 2.53 bits per heavy atom. The van der Waals surface area contributed by atoms with Crippen LogP contribution in [0.15, 0.2) is 30.3 Å². The molecule has 6 heteroatoms. The van der Waals surface area contributed by atoms with Crippen LogP contribution >= 0.6 is 23.2 Å². The third-order valence-electron chi connectivity index (χ3n) is 2.42. The van der Waals surface area contributed by atoms with Gasteiger partial charge in [0.25, 0.3) is 0 Å². The molecule has 0 saturated heterocycles. The lowest BCUT2D eigenvalue weighted by molar-refractivity contribution is 0.403. The molecule has 0 aromatic heterocycles. The molecule has 2 rings (SSSR count). The van der Waals surface area contributed by atoms with Gasteiger partial charge in [-0.15, -0.1) is 0 Å². The van der Waals surface area contributed by atoms with Crippen molar-refractivity contribution in [1.29, 1.82) is 0 Å². The van der Waals surface area contributed by atoms with E-state index in [-0.39, 0.29) is 22.2 Å². The van der Waals surface area contributed by atoms with Gasteiger partial charge in [0.15, 0.2) is 11.6 Å². The molecule has 0 heterocycles. The fourth-order valence-corrected chi connectivity index (χ4v) is 1.82. The number of benzene rings is 2. The number of nitrogen functional groups attached to an aromatic ring is 1. The Balaban J connectivity index is 2.41. The average Bonchev–Trinajstić information content (AvgIpc) is 2.38. The summed E-state index contributed by atoms with van der Waals surface area (Å²) >= 11 is 11.8. The largest absolute Gasteiger partial charge is 0.494 e. The molecule has 0 fully saturated rings. The molecule has 0 spiro atoms. The third kappa shape index (κ3) is 2.85. The third-order valence-corrected chi connectivity index (χ3v) is 3.22. The maximum absolute atomic E-state index is 13.7. The number of rotatable bonds is 3. The van der Waals surface area contributed by atoms with E-state index >= 15 is 0 Å². The molecule has 2 aromatic carbocycles. The van der Waals surface area contributed by atoms with Crippen LogP contribution in [0.25, 0.3) is 0 Å². The van der Waals surface area contributed by atoms with Crippen molar-refractivity contribution in [1.82, 2.24) is 0 Å². The van der Waals surface area contributed by atoms with Gasteiger partial charge in [-0.3, -0.25) is 0 Å². The Bertz CT molecular complexity index is 620. The highest BCUT2D eigenvalue weighted by molar-refractivity contribution is 6.42. The first kappa shape index (κ1) is 13.8. The van der Waals surface area contributed by atoms with Crippen molar-refractivity contribution < 1.29 is 13.9 Å². The summed E-state index contributed by atoms with van der Waals surface area (Å²) in [6.07, 6.45) is 0. The smallest absolute Gasteiger partial charge is 0.168 e. The first-order chi connectivity index (χ1) is 9.02. The lowest BCUT2D eigenvalue weighted by Gasteiger charge is -2.11. The molecule has 0 aliphatic heterocycles. The molecule has 3 nitrogen and oxygen atoms in total. The molecule has 0 atom stereocenters. The van der Waals surface area contributed by atoms with Crippen molar-refractivity contribution in [2.75, 3.05) is 12.8 Å². The van der Waals surface area contributed by atoms with Crippen LogP contribution in [0.5, 0.6) is 17.2 Å². The lowest BCUT2D eigenvalue weighted by Crippen LogP contribution is -1.96. The van der Waals surface area contributed by atoms with Gasteiger partial charge < -0.3 is 15.2 Å². The SMILES string of the molecule is COc1cc(Oc2cccc(Cl)c2Cl)c(F)cc1N. The second-order valence-electron chi connectivity index (χ2n) is 3.68. The summed E-state index contributed by atoms with van der Waals surface area (Å²) < 4.78 is 24.1. The number of halogens is 3. The monoisotopic (exact) mass is 301 g/mol. The second-order valence-corrected chi connectivity index (χ2v) is 4.46. The predicted octanol–water partition coefficient (Wildman–Crippen LogP) is 4.52. The summed E-state index contributed by atoms with van der Waals surface area (Å²) in [5.74, 6) is -0.0981. The van der Waals surface area contributed by atoms with Crippen LogP contribution in [-0.2, 0) is 0 Å². The van der Waals surface area contributed by atoms with E-state index in [2.05, 4.69) is 0 Å². The maximum atomic E-state index is 13.7.